The van der Waals surface area contributed by atoms with Gasteiger partial charge in [-0.05, 0) is 61.1 Å². The van der Waals surface area contributed by atoms with Crippen LogP contribution in [0.15, 0.2) is 36.5 Å². The van der Waals surface area contributed by atoms with Crippen LogP contribution in [0.1, 0.15) is 40.0 Å². The lowest BCUT2D eigenvalue weighted by Crippen LogP contribution is -2.38. The molecule has 2 N–H and O–H groups in total. The Morgan fingerprint density at radius 1 is 1.26 bits per heavy atom. The summed E-state index contributed by atoms with van der Waals surface area (Å²) in [5, 5.41) is 9.44. The van der Waals surface area contributed by atoms with Gasteiger partial charge >= 0.3 is 0 Å². The number of aryl methyl sites for hydroxylation is 1. The molecule has 4 rings (SSSR count). The Labute approximate surface area is 162 Å². The van der Waals surface area contributed by atoms with Crippen molar-refractivity contribution in [1.29, 1.82) is 0 Å². The van der Waals surface area contributed by atoms with Gasteiger partial charge in [0.25, 0.3) is 5.91 Å². The lowest BCUT2D eigenvalue weighted by molar-refractivity contribution is -0.137. The predicted molar refractivity (Wildman–Crippen MR) is 99.4 cm³/mol. The zero-order valence-electron chi connectivity index (χ0n) is 14.7. The highest BCUT2D eigenvalue weighted by atomic mass is 35.5. The Hall–Kier alpha value is -2.44. The number of hydrogen-bond acceptors (Lipinski definition) is 4. The molecule has 6 nitrogen and oxygen atoms in total. The molecule has 0 radical (unpaired) electrons. The molecule has 2 heterocycles. The number of aromatic nitrogens is 1. The van der Waals surface area contributed by atoms with E-state index in [1.54, 1.807) is 29.9 Å². The van der Waals surface area contributed by atoms with Crippen molar-refractivity contribution in [3.63, 3.8) is 0 Å². The van der Waals surface area contributed by atoms with Gasteiger partial charge in [0.1, 0.15) is 0 Å². The summed E-state index contributed by atoms with van der Waals surface area (Å²) in [7, 11) is 0. The Kier molecular flexibility index (Phi) is 4.61. The first kappa shape index (κ1) is 17.9. The highest BCUT2D eigenvalue weighted by Crippen LogP contribution is 2.44. The second-order valence-corrected chi connectivity index (χ2v) is 7.76. The number of carbonyl (C=O) groups is 2. The van der Waals surface area contributed by atoms with E-state index in [4.69, 9.17) is 16.8 Å². The SMILES string of the molecule is O=C(NO)c1ccc2c(c1)C[C@@]1(CC2)CCN(Cc2ccc(Cl)cn2)C1=O. The van der Waals surface area contributed by atoms with Crippen LogP contribution in [0.3, 0.4) is 0 Å². The summed E-state index contributed by atoms with van der Waals surface area (Å²) in [6.45, 7) is 1.19. The Morgan fingerprint density at radius 3 is 2.85 bits per heavy atom. The van der Waals surface area contributed by atoms with Gasteiger partial charge in [0.15, 0.2) is 0 Å². The molecule has 1 fully saturated rings. The molecule has 27 heavy (non-hydrogen) atoms. The van der Waals surface area contributed by atoms with E-state index in [0.717, 1.165) is 30.5 Å². The number of halogens is 1. The molecule has 1 spiro atoms. The number of carbonyl (C=O) groups excluding carboxylic acids is 2. The van der Waals surface area contributed by atoms with Crippen molar-refractivity contribution in [2.45, 2.75) is 32.2 Å². The molecule has 2 aliphatic rings. The van der Waals surface area contributed by atoms with Crippen LogP contribution in [0.5, 0.6) is 0 Å². The van der Waals surface area contributed by atoms with Crippen LogP contribution < -0.4 is 5.48 Å². The van der Waals surface area contributed by atoms with Crippen LogP contribution >= 0.6 is 11.6 Å². The molecule has 0 saturated carbocycles. The second-order valence-electron chi connectivity index (χ2n) is 7.33. The van der Waals surface area contributed by atoms with E-state index in [1.807, 2.05) is 17.0 Å². The number of pyridine rings is 1. The Balaban J connectivity index is 1.54. The first-order valence-corrected chi connectivity index (χ1v) is 9.35. The maximum absolute atomic E-state index is 13.2. The summed E-state index contributed by atoms with van der Waals surface area (Å²) < 4.78 is 0. The minimum Gasteiger partial charge on any atom is -0.336 e. The molecule has 1 saturated heterocycles. The first-order valence-electron chi connectivity index (χ1n) is 8.97. The third-order valence-corrected chi connectivity index (χ3v) is 5.94. The molecule has 1 aliphatic carbocycles. The van der Waals surface area contributed by atoms with Gasteiger partial charge in [-0.1, -0.05) is 17.7 Å². The Morgan fingerprint density at radius 2 is 2.11 bits per heavy atom. The third-order valence-electron chi connectivity index (χ3n) is 5.71. The molecule has 1 aromatic carbocycles. The molecular weight excluding hydrogens is 366 g/mol. The zero-order chi connectivity index (χ0) is 19.0. The quantitative estimate of drug-likeness (QED) is 0.628. The molecule has 0 bridgehead atoms. The van der Waals surface area contributed by atoms with Crippen molar-refractivity contribution in [2.75, 3.05) is 6.54 Å². The summed E-state index contributed by atoms with van der Waals surface area (Å²) in [6.07, 6.45) is 4.65. The number of fused-ring (bicyclic) bond motifs is 1. The second kappa shape index (κ2) is 6.94. The van der Waals surface area contributed by atoms with Gasteiger partial charge in [0.2, 0.25) is 5.91 Å². The smallest absolute Gasteiger partial charge is 0.274 e. The van der Waals surface area contributed by atoms with Crippen molar-refractivity contribution < 1.29 is 14.8 Å². The summed E-state index contributed by atoms with van der Waals surface area (Å²) >= 11 is 5.88. The van der Waals surface area contributed by atoms with Crippen LogP contribution in [-0.2, 0) is 24.2 Å². The van der Waals surface area contributed by atoms with E-state index < -0.39 is 11.3 Å². The molecule has 1 atom stereocenters. The minimum absolute atomic E-state index is 0.155. The number of nitrogens with zero attached hydrogens (tertiary/aromatic N) is 2. The number of rotatable bonds is 3. The van der Waals surface area contributed by atoms with E-state index in [-0.39, 0.29) is 5.91 Å². The molecule has 2 aromatic rings. The van der Waals surface area contributed by atoms with Gasteiger partial charge in [-0.25, -0.2) is 5.48 Å². The highest BCUT2D eigenvalue weighted by Gasteiger charge is 2.48. The minimum atomic E-state index is -0.536. The maximum Gasteiger partial charge on any atom is 0.274 e. The van der Waals surface area contributed by atoms with Crippen LogP contribution in [-0.4, -0.2) is 33.5 Å². The van der Waals surface area contributed by atoms with Crippen molar-refractivity contribution >= 4 is 23.4 Å². The third kappa shape index (κ3) is 3.31. The maximum atomic E-state index is 13.2. The lowest BCUT2D eigenvalue weighted by atomic mass is 9.70. The average Bonchev–Trinajstić information content (AvgIpc) is 2.98. The molecular formula is C20H20ClN3O3. The van der Waals surface area contributed by atoms with E-state index in [0.29, 0.717) is 30.1 Å². The molecule has 1 aliphatic heterocycles. The summed E-state index contributed by atoms with van der Waals surface area (Å²) in [6, 6.07) is 9.04. The van der Waals surface area contributed by atoms with Gasteiger partial charge in [-0.3, -0.25) is 19.8 Å². The normalized spacial score (nSPS) is 21.4. The standard InChI is InChI=1S/C20H20ClN3O3/c21-16-3-4-17(22-11-16)12-24-8-7-20(19(24)26)6-5-13-1-2-14(18(25)23-27)9-15(13)10-20/h1-4,9,11,27H,5-8,10,12H2,(H,23,25)/t20-/m1/s1. The van der Waals surface area contributed by atoms with E-state index in [1.165, 1.54) is 5.56 Å². The van der Waals surface area contributed by atoms with Crippen LogP contribution in [0.25, 0.3) is 0 Å². The topological polar surface area (TPSA) is 82.5 Å². The van der Waals surface area contributed by atoms with E-state index in [9.17, 15) is 9.59 Å². The van der Waals surface area contributed by atoms with E-state index >= 15 is 0 Å². The number of amides is 2. The summed E-state index contributed by atoms with van der Waals surface area (Å²) in [4.78, 5) is 31.1. The van der Waals surface area contributed by atoms with Crippen LogP contribution in [0, 0.1) is 5.41 Å². The Bertz CT molecular complexity index is 900. The van der Waals surface area contributed by atoms with Crippen LogP contribution in [0.4, 0.5) is 0 Å². The van der Waals surface area contributed by atoms with Crippen LogP contribution in [0.2, 0.25) is 5.02 Å². The zero-order valence-corrected chi connectivity index (χ0v) is 15.5. The number of nitrogens with one attached hydrogen (secondary N) is 1. The number of hydrogen-bond donors (Lipinski definition) is 2. The molecule has 140 valence electrons. The monoisotopic (exact) mass is 385 g/mol. The fourth-order valence-corrected chi connectivity index (χ4v) is 4.31. The van der Waals surface area contributed by atoms with Crippen molar-refractivity contribution in [1.82, 2.24) is 15.4 Å². The molecule has 0 unspecified atom stereocenters. The lowest BCUT2D eigenvalue weighted by Gasteiger charge is -2.33. The predicted octanol–water partition coefficient (Wildman–Crippen LogP) is 2.76. The number of benzene rings is 1. The highest BCUT2D eigenvalue weighted by molar-refractivity contribution is 6.30. The average molecular weight is 386 g/mol. The van der Waals surface area contributed by atoms with Gasteiger partial charge in [-0.15, -0.1) is 0 Å². The van der Waals surface area contributed by atoms with Crippen molar-refractivity contribution in [3.05, 3.63) is 63.9 Å². The van der Waals surface area contributed by atoms with Gasteiger partial charge in [-0.2, -0.15) is 0 Å². The van der Waals surface area contributed by atoms with Gasteiger partial charge in [0.05, 0.1) is 22.7 Å². The largest absolute Gasteiger partial charge is 0.336 e. The van der Waals surface area contributed by atoms with Crippen molar-refractivity contribution in [3.8, 4) is 0 Å². The molecule has 1 aromatic heterocycles. The van der Waals surface area contributed by atoms with Gasteiger partial charge in [0, 0.05) is 18.3 Å². The fourth-order valence-electron chi connectivity index (χ4n) is 4.20. The summed E-state index contributed by atoms with van der Waals surface area (Å²) in [5.74, 6) is -0.382. The van der Waals surface area contributed by atoms with Gasteiger partial charge < -0.3 is 4.90 Å². The van der Waals surface area contributed by atoms with Crippen molar-refractivity contribution in [2.24, 2.45) is 5.41 Å². The number of hydroxylamine groups is 1. The first-order chi connectivity index (χ1) is 13.0. The van der Waals surface area contributed by atoms with E-state index in [2.05, 4.69) is 4.98 Å². The molecule has 2 amide bonds. The summed E-state index contributed by atoms with van der Waals surface area (Å²) in [5.41, 5.74) is 4.67. The number of likely N-dealkylation sites (tertiary alicyclic amines) is 1. The fraction of sp³-hybridized carbons (Fsp3) is 0.350. The molecule has 7 heteroatoms.